The predicted octanol–water partition coefficient (Wildman–Crippen LogP) is 0.000100. The number of rotatable bonds is 6. The number of nitrogens with one attached hydrogen (secondary N) is 1. The van der Waals surface area contributed by atoms with Crippen molar-refractivity contribution in [1.82, 2.24) is 15.1 Å². The van der Waals surface area contributed by atoms with E-state index in [2.05, 4.69) is 10.2 Å². The third-order valence-electron chi connectivity index (χ3n) is 5.35. The van der Waals surface area contributed by atoms with Crippen LogP contribution in [0.1, 0.15) is 32.1 Å². The molecule has 1 N–H and O–H groups in total. The number of hydrogen-bond donors (Lipinski definition) is 1. The van der Waals surface area contributed by atoms with Crippen molar-refractivity contribution in [2.24, 2.45) is 11.8 Å². The summed E-state index contributed by atoms with van der Waals surface area (Å²) in [5.74, 6) is -0.485. The smallest absolute Gasteiger partial charge is 0.233 e. The van der Waals surface area contributed by atoms with Gasteiger partial charge in [-0.2, -0.15) is 0 Å². The summed E-state index contributed by atoms with van der Waals surface area (Å²) >= 11 is 0. The second-order valence-electron chi connectivity index (χ2n) is 6.88. The highest BCUT2D eigenvalue weighted by molar-refractivity contribution is 6.05. The third kappa shape index (κ3) is 3.95. The van der Waals surface area contributed by atoms with Gasteiger partial charge >= 0.3 is 0 Å². The molecular weight excluding hydrogens is 310 g/mol. The maximum Gasteiger partial charge on any atom is 0.233 e. The number of imide groups is 1. The third-order valence-corrected chi connectivity index (χ3v) is 5.35. The van der Waals surface area contributed by atoms with Crippen LogP contribution in [0.2, 0.25) is 0 Å². The minimum atomic E-state index is -0.129. The lowest BCUT2D eigenvalue weighted by Gasteiger charge is -2.26. The topological polar surface area (TPSA) is 79.0 Å². The van der Waals surface area contributed by atoms with Crippen LogP contribution in [0.4, 0.5) is 0 Å². The second kappa shape index (κ2) is 8.07. The van der Waals surface area contributed by atoms with Crippen LogP contribution < -0.4 is 5.32 Å². The number of hydrogen-bond acceptors (Lipinski definition) is 5. The molecule has 1 aliphatic carbocycles. The summed E-state index contributed by atoms with van der Waals surface area (Å²) in [5.41, 5.74) is 0. The van der Waals surface area contributed by atoms with Crippen LogP contribution in [0.25, 0.3) is 0 Å². The van der Waals surface area contributed by atoms with Gasteiger partial charge in [-0.15, -0.1) is 0 Å². The van der Waals surface area contributed by atoms with Crippen molar-refractivity contribution in [3.8, 4) is 0 Å². The monoisotopic (exact) mass is 337 g/mol. The molecule has 0 aromatic rings. The Morgan fingerprint density at radius 3 is 2.29 bits per heavy atom. The molecule has 2 atom stereocenters. The fourth-order valence-corrected chi connectivity index (χ4v) is 3.93. The predicted molar refractivity (Wildman–Crippen MR) is 87.1 cm³/mol. The molecule has 0 radical (unpaired) electrons. The van der Waals surface area contributed by atoms with Crippen LogP contribution in [0.3, 0.4) is 0 Å². The Hall–Kier alpha value is -1.47. The Balaban J connectivity index is 1.38. The Bertz CT molecular complexity index is 466. The summed E-state index contributed by atoms with van der Waals surface area (Å²) in [6, 6.07) is 0. The van der Waals surface area contributed by atoms with Crippen molar-refractivity contribution in [3.63, 3.8) is 0 Å². The zero-order valence-corrected chi connectivity index (χ0v) is 14.2. The van der Waals surface area contributed by atoms with Gasteiger partial charge in [-0.1, -0.05) is 12.8 Å². The molecule has 7 heteroatoms. The average molecular weight is 337 g/mol. The van der Waals surface area contributed by atoms with Crippen molar-refractivity contribution < 1.29 is 19.1 Å². The molecule has 1 saturated carbocycles. The highest BCUT2D eigenvalue weighted by atomic mass is 16.5. The van der Waals surface area contributed by atoms with Crippen LogP contribution >= 0.6 is 0 Å². The van der Waals surface area contributed by atoms with Gasteiger partial charge < -0.3 is 10.1 Å². The quantitative estimate of drug-likeness (QED) is 0.690. The number of carbonyl (C=O) groups excluding carboxylic acids is 3. The van der Waals surface area contributed by atoms with E-state index in [-0.39, 0.29) is 42.5 Å². The van der Waals surface area contributed by atoms with Gasteiger partial charge in [-0.05, 0) is 12.8 Å². The average Bonchev–Trinajstić information content (AvgIpc) is 2.85. The number of fused-ring (bicyclic) bond motifs is 1. The number of likely N-dealkylation sites (tertiary alicyclic amines) is 1. The van der Waals surface area contributed by atoms with Crippen LogP contribution in [0.15, 0.2) is 0 Å². The van der Waals surface area contributed by atoms with Crippen molar-refractivity contribution >= 4 is 17.7 Å². The van der Waals surface area contributed by atoms with Gasteiger partial charge in [0.1, 0.15) is 0 Å². The van der Waals surface area contributed by atoms with E-state index >= 15 is 0 Å². The van der Waals surface area contributed by atoms with Crippen LogP contribution in [-0.4, -0.2) is 73.5 Å². The molecule has 3 aliphatic rings. The van der Waals surface area contributed by atoms with E-state index in [0.29, 0.717) is 6.54 Å². The zero-order chi connectivity index (χ0) is 16.9. The van der Waals surface area contributed by atoms with E-state index in [1.807, 2.05) is 0 Å². The number of carbonyl (C=O) groups is 3. The van der Waals surface area contributed by atoms with Crippen LogP contribution in [0, 0.1) is 11.8 Å². The minimum absolute atomic E-state index is 0.0641. The Morgan fingerprint density at radius 1 is 1.04 bits per heavy atom. The summed E-state index contributed by atoms with van der Waals surface area (Å²) in [6.45, 7) is 4.90. The fraction of sp³-hybridized carbons (Fsp3) is 0.824. The first-order chi connectivity index (χ1) is 11.7. The fourth-order valence-electron chi connectivity index (χ4n) is 3.93. The Morgan fingerprint density at radius 2 is 1.67 bits per heavy atom. The van der Waals surface area contributed by atoms with Gasteiger partial charge in [-0.25, -0.2) is 0 Å². The van der Waals surface area contributed by atoms with E-state index in [9.17, 15) is 14.4 Å². The molecule has 3 fully saturated rings. The molecule has 134 valence electrons. The normalized spacial score (nSPS) is 28.1. The SMILES string of the molecule is O=C(CCN1C(=O)[C@H]2CCCC[C@H]2C1=O)NCCN1CCOCC1. The lowest BCUT2D eigenvalue weighted by atomic mass is 9.81. The van der Waals surface area contributed by atoms with Gasteiger partial charge in [0.2, 0.25) is 17.7 Å². The van der Waals surface area contributed by atoms with E-state index in [1.165, 1.54) is 4.90 Å². The highest BCUT2D eigenvalue weighted by Crippen LogP contribution is 2.37. The summed E-state index contributed by atoms with van der Waals surface area (Å²) in [4.78, 5) is 40.2. The molecule has 2 heterocycles. The Labute approximate surface area is 142 Å². The molecular formula is C17H27N3O4. The lowest BCUT2D eigenvalue weighted by Crippen LogP contribution is -2.42. The maximum atomic E-state index is 12.3. The summed E-state index contributed by atoms with van der Waals surface area (Å²) in [7, 11) is 0. The number of nitrogens with zero attached hydrogens (tertiary/aromatic N) is 2. The molecule has 2 saturated heterocycles. The van der Waals surface area contributed by atoms with Crippen LogP contribution in [0.5, 0.6) is 0 Å². The van der Waals surface area contributed by atoms with Crippen molar-refractivity contribution in [2.45, 2.75) is 32.1 Å². The van der Waals surface area contributed by atoms with Gasteiger partial charge in [0.25, 0.3) is 0 Å². The largest absolute Gasteiger partial charge is 0.379 e. The highest BCUT2D eigenvalue weighted by Gasteiger charge is 2.47. The summed E-state index contributed by atoms with van der Waals surface area (Å²) < 4.78 is 5.28. The standard InChI is InChI=1S/C17H27N3O4/c21-15(18-6-8-19-9-11-24-12-10-19)5-7-20-16(22)13-3-1-2-4-14(13)17(20)23/h13-14H,1-12H2,(H,18,21)/t13-,14+. The first-order valence-corrected chi connectivity index (χ1v) is 9.09. The number of ether oxygens (including phenoxy) is 1. The molecule has 0 bridgehead atoms. The van der Waals surface area contributed by atoms with E-state index in [0.717, 1.165) is 58.5 Å². The van der Waals surface area contributed by atoms with Gasteiger partial charge in [0.05, 0.1) is 25.0 Å². The lowest BCUT2D eigenvalue weighted by molar-refractivity contribution is -0.140. The van der Waals surface area contributed by atoms with Crippen LogP contribution in [-0.2, 0) is 19.1 Å². The molecule has 0 aromatic heterocycles. The van der Waals surface area contributed by atoms with E-state index in [4.69, 9.17) is 4.74 Å². The number of morpholine rings is 1. The minimum Gasteiger partial charge on any atom is -0.379 e. The summed E-state index contributed by atoms with van der Waals surface area (Å²) in [6.07, 6.45) is 3.88. The van der Waals surface area contributed by atoms with Crippen molar-refractivity contribution in [1.29, 1.82) is 0 Å². The molecule has 2 aliphatic heterocycles. The molecule has 3 rings (SSSR count). The molecule has 7 nitrogen and oxygen atoms in total. The zero-order valence-electron chi connectivity index (χ0n) is 14.2. The Kier molecular flexibility index (Phi) is 5.84. The first kappa shape index (κ1) is 17.4. The second-order valence-corrected chi connectivity index (χ2v) is 6.88. The molecule has 24 heavy (non-hydrogen) atoms. The van der Waals surface area contributed by atoms with Gasteiger partial charge in [-0.3, -0.25) is 24.2 Å². The number of amides is 3. The molecule has 3 amide bonds. The maximum absolute atomic E-state index is 12.3. The molecule has 0 aromatic carbocycles. The van der Waals surface area contributed by atoms with Crippen molar-refractivity contribution in [3.05, 3.63) is 0 Å². The van der Waals surface area contributed by atoms with Crippen molar-refractivity contribution in [2.75, 3.05) is 45.9 Å². The van der Waals surface area contributed by atoms with Gasteiger partial charge in [0.15, 0.2) is 0 Å². The molecule has 0 unspecified atom stereocenters. The molecule has 0 spiro atoms. The summed E-state index contributed by atoms with van der Waals surface area (Å²) in [5, 5.41) is 2.88. The first-order valence-electron chi connectivity index (χ1n) is 9.09. The van der Waals surface area contributed by atoms with E-state index in [1.54, 1.807) is 0 Å². The van der Waals surface area contributed by atoms with E-state index < -0.39 is 0 Å². The van der Waals surface area contributed by atoms with Gasteiger partial charge in [0, 0.05) is 39.1 Å².